The summed E-state index contributed by atoms with van der Waals surface area (Å²) in [6.45, 7) is 0.906. The second-order valence-electron chi connectivity index (χ2n) is 4.53. The number of carbonyl (C=O) groups excluding carboxylic acids is 1. The summed E-state index contributed by atoms with van der Waals surface area (Å²) in [5.41, 5.74) is 7.09. The highest BCUT2D eigenvalue weighted by molar-refractivity contribution is 5.90. The molecule has 2 aromatic rings. The summed E-state index contributed by atoms with van der Waals surface area (Å²) < 4.78 is 4.91. The summed E-state index contributed by atoms with van der Waals surface area (Å²) in [4.78, 5) is 15.9. The van der Waals surface area contributed by atoms with E-state index >= 15 is 0 Å². The van der Waals surface area contributed by atoms with Gasteiger partial charge >= 0.3 is 0 Å². The standard InChI is InChI=1S/C14H19N5O2.ClH/c1-21-8-2-3-13(20)16-11-6-4-10(5-7-11)14-17-12(9-15)18-19-14;/h4-7H,2-3,8-9,15H2,1H3,(H,16,20)(H,17,18,19);1H. The lowest BCUT2D eigenvalue weighted by molar-refractivity contribution is -0.116. The number of aromatic amines is 1. The lowest BCUT2D eigenvalue weighted by atomic mass is 10.2. The van der Waals surface area contributed by atoms with Crippen LogP contribution < -0.4 is 11.1 Å². The molecule has 0 atom stereocenters. The lowest BCUT2D eigenvalue weighted by Crippen LogP contribution is -2.11. The van der Waals surface area contributed by atoms with Gasteiger partial charge < -0.3 is 15.8 Å². The second kappa shape index (κ2) is 9.14. The third-order valence-electron chi connectivity index (χ3n) is 2.90. The van der Waals surface area contributed by atoms with Gasteiger partial charge in [-0.05, 0) is 30.7 Å². The SMILES string of the molecule is COCCCC(=O)Nc1ccc(-c2n[nH]c(CN)n2)cc1.Cl. The van der Waals surface area contributed by atoms with Gasteiger partial charge in [0.2, 0.25) is 5.91 Å². The molecule has 0 radical (unpaired) electrons. The van der Waals surface area contributed by atoms with Gasteiger partial charge in [-0.3, -0.25) is 9.89 Å². The number of anilines is 1. The molecule has 1 heterocycles. The van der Waals surface area contributed by atoms with Crippen molar-refractivity contribution < 1.29 is 9.53 Å². The molecule has 0 spiro atoms. The van der Waals surface area contributed by atoms with Crippen LogP contribution in [0.3, 0.4) is 0 Å². The Balaban J connectivity index is 0.00000242. The first-order chi connectivity index (χ1) is 10.2. The number of methoxy groups -OCH3 is 1. The molecule has 0 aliphatic heterocycles. The lowest BCUT2D eigenvalue weighted by Gasteiger charge is -2.05. The number of nitrogens with zero attached hydrogens (tertiary/aromatic N) is 2. The van der Waals surface area contributed by atoms with Crippen LogP contribution in [0.25, 0.3) is 11.4 Å². The van der Waals surface area contributed by atoms with E-state index in [0.29, 0.717) is 37.6 Å². The van der Waals surface area contributed by atoms with Crippen LogP contribution in [0.5, 0.6) is 0 Å². The molecule has 1 amide bonds. The predicted octanol–water partition coefficient (Wildman–Crippen LogP) is 1.72. The molecular formula is C14H20ClN5O2. The highest BCUT2D eigenvalue weighted by atomic mass is 35.5. The monoisotopic (exact) mass is 325 g/mol. The van der Waals surface area contributed by atoms with Gasteiger partial charge in [-0.1, -0.05) is 0 Å². The number of nitrogens with two attached hydrogens (primary N) is 1. The molecule has 0 saturated carbocycles. The van der Waals surface area contributed by atoms with Crippen LogP contribution >= 0.6 is 12.4 Å². The number of halogens is 1. The molecule has 8 heteroatoms. The molecular weight excluding hydrogens is 306 g/mol. The van der Waals surface area contributed by atoms with E-state index in [1.165, 1.54) is 0 Å². The summed E-state index contributed by atoms with van der Waals surface area (Å²) in [5.74, 6) is 1.21. The van der Waals surface area contributed by atoms with Gasteiger partial charge in [0.15, 0.2) is 5.82 Å². The Bertz CT molecular complexity index is 585. The van der Waals surface area contributed by atoms with Crippen LogP contribution in [0.15, 0.2) is 24.3 Å². The quantitative estimate of drug-likeness (QED) is 0.672. The van der Waals surface area contributed by atoms with Crippen LogP contribution in [0.1, 0.15) is 18.7 Å². The Kier molecular flexibility index (Phi) is 7.51. The van der Waals surface area contributed by atoms with Crippen molar-refractivity contribution in [3.05, 3.63) is 30.1 Å². The minimum absolute atomic E-state index is 0. The molecule has 0 aliphatic rings. The number of hydrogen-bond donors (Lipinski definition) is 3. The van der Waals surface area contributed by atoms with E-state index in [0.717, 1.165) is 11.3 Å². The topological polar surface area (TPSA) is 106 Å². The van der Waals surface area contributed by atoms with Crippen LogP contribution in [-0.4, -0.2) is 34.8 Å². The number of nitrogens with one attached hydrogen (secondary N) is 2. The third-order valence-corrected chi connectivity index (χ3v) is 2.90. The van der Waals surface area contributed by atoms with Gasteiger partial charge in [-0.15, -0.1) is 12.4 Å². The molecule has 2 rings (SSSR count). The first-order valence-electron chi connectivity index (χ1n) is 6.73. The largest absolute Gasteiger partial charge is 0.385 e. The highest BCUT2D eigenvalue weighted by Gasteiger charge is 2.06. The maximum Gasteiger partial charge on any atom is 0.224 e. The number of aromatic nitrogens is 3. The molecule has 22 heavy (non-hydrogen) atoms. The van der Waals surface area contributed by atoms with Crippen LogP contribution in [0, 0.1) is 0 Å². The number of rotatable bonds is 7. The smallest absolute Gasteiger partial charge is 0.224 e. The maximum absolute atomic E-state index is 11.7. The normalized spacial score (nSPS) is 10.1. The number of amides is 1. The van der Waals surface area contributed by atoms with E-state index < -0.39 is 0 Å². The zero-order valence-electron chi connectivity index (χ0n) is 12.3. The van der Waals surface area contributed by atoms with Crippen molar-refractivity contribution in [3.63, 3.8) is 0 Å². The van der Waals surface area contributed by atoms with E-state index in [1.807, 2.05) is 24.3 Å². The van der Waals surface area contributed by atoms with Gasteiger partial charge in [0.25, 0.3) is 0 Å². The molecule has 0 aliphatic carbocycles. The summed E-state index contributed by atoms with van der Waals surface area (Å²) in [5, 5.41) is 9.67. The first-order valence-corrected chi connectivity index (χ1v) is 6.73. The minimum Gasteiger partial charge on any atom is -0.385 e. The van der Waals surface area contributed by atoms with E-state index in [-0.39, 0.29) is 18.3 Å². The fraction of sp³-hybridized carbons (Fsp3) is 0.357. The van der Waals surface area contributed by atoms with E-state index in [1.54, 1.807) is 7.11 Å². The summed E-state index contributed by atoms with van der Waals surface area (Å²) >= 11 is 0. The molecule has 0 unspecified atom stereocenters. The van der Waals surface area contributed by atoms with Crippen molar-refractivity contribution >= 4 is 24.0 Å². The highest BCUT2D eigenvalue weighted by Crippen LogP contribution is 2.18. The minimum atomic E-state index is -0.0249. The molecule has 1 aromatic carbocycles. The van der Waals surface area contributed by atoms with Crippen LogP contribution in [0.2, 0.25) is 0 Å². The van der Waals surface area contributed by atoms with Crippen LogP contribution in [-0.2, 0) is 16.1 Å². The van der Waals surface area contributed by atoms with Crippen molar-refractivity contribution in [2.75, 3.05) is 19.0 Å². The third kappa shape index (κ3) is 5.10. The molecule has 0 fully saturated rings. The van der Waals surface area contributed by atoms with Crippen molar-refractivity contribution in [1.82, 2.24) is 15.2 Å². The molecule has 0 bridgehead atoms. The van der Waals surface area contributed by atoms with Gasteiger partial charge in [0.05, 0.1) is 6.54 Å². The average molecular weight is 326 g/mol. The summed E-state index contributed by atoms with van der Waals surface area (Å²) in [7, 11) is 1.62. The number of hydrogen-bond acceptors (Lipinski definition) is 5. The first kappa shape index (κ1) is 18.1. The van der Waals surface area contributed by atoms with Gasteiger partial charge in [0, 0.05) is 31.4 Å². The average Bonchev–Trinajstić information content (AvgIpc) is 2.97. The van der Waals surface area contributed by atoms with Crippen molar-refractivity contribution in [3.8, 4) is 11.4 Å². The second-order valence-corrected chi connectivity index (χ2v) is 4.53. The Morgan fingerprint density at radius 1 is 1.36 bits per heavy atom. The molecule has 1 aromatic heterocycles. The summed E-state index contributed by atoms with van der Waals surface area (Å²) in [6.07, 6.45) is 1.15. The maximum atomic E-state index is 11.7. The Hall–Kier alpha value is -1.96. The molecule has 120 valence electrons. The van der Waals surface area contributed by atoms with Crippen molar-refractivity contribution in [2.45, 2.75) is 19.4 Å². The number of H-pyrrole nitrogens is 1. The van der Waals surface area contributed by atoms with E-state index in [2.05, 4.69) is 20.5 Å². The van der Waals surface area contributed by atoms with Gasteiger partial charge in [-0.25, -0.2) is 4.98 Å². The summed E-state index contributed by atoms with van der Waals surface area (Å²) in [6, 6.07) is 7.35. The van der Waals surface area contributed by atoms with Crippen molar-refractivity contribution in [1.29, 1.82) is 0 Å². The van der Waals surface area contributed by atoms with E-state index in [4.69, 9.17) is 10.5 Å². The zero-order chi connectivity index (χ0) is 15.1. The molecule has 0 saturated heterocycles. The molecule has 4 N–H and O–H groups in total. The van der Waals surface area contributed by atoms with Gasteiger partial charge in [0.1, 0.15) is 5.82 Å². The Morgan fingerprint density at radius 3 is 2.68 bits per heavy atom. The number of carbonyl (C=O) groups is 1. The Morgan fingerprint density at radius 2 is 2.09 bits per heavy atom. The van der Waals surface area contributed by atoms with E-state index in [9.17, 15) is 4.79 Å². The Labute approximate surface area is 135 Å². The van der Waals surface area contributed by atoms with Crippen molar-refractivity contribution in [2.24, 2.45) is 5.73 Å². The number of benzene rings is 1. The fourth-order valence-corrected chi connectivity index (χ4v) is 1.82. The predicted molar refractivity (Wildman–Crippen MR) is 86.7 cm³/mol. The van der Waals surface area contributed by atoms with Crippen LogP contribution in [0.4, 0.5) is 5.69 Å². The zero-order valence-corrected chi connectivity index (χ0v) is 13.2. The fourth-order valence-electron chi connectivity index (χ4n) is 1.82. The van der Waals surface area contributed by atoms with Gasteiger partial charge in [-0.2, -0.15) is 5.10 Å². The number of ether oxygens (including phenoxy) is 1. The molecule has 7 nitrogen and oxygen atoms in total.